The van der Waals surface area contributed by atoms with E-state index in [4.69, 9.17) is 14.7 Å². The molecule has 0 radical (unpaired) electrons. The van der Waals surface area contributed by atoms with E-state index in [1.807, 2.05) is 25.7 Å². The van der Waals surface area contributed by atoms with Crippen LogP contribution in [0.5, 0.6) is 5.75 Å². The highest BCUT2D eigenvalue weighted by molar-refractivity contribution is 5.94. The number of aromatic hydroxyl groups is 1. The highest BCUT2D eigenvalue weighted by Gasteiger charge is 2.34. The second-order valence-electron chi connectivity index (χ2n) is 19.6. The molecule has 2 amide bonds. The first kappa shape index (κ1) is 49.5. The molecule has 0 spiro atoms. The number of ether oxygens (including phenoxy) is 1. The molecule has 0 bridgehead atoms. The molecule has 2 aliphatic heterocycles. The van der Waals surface area contributed by atoms with Crippen LogP contribution in [-0.2, 0) is 16.1 Å². The highest BCUT2D eigenvalue weighted by Crippen LogP contribution is 2.42. The maximum Gasteiger partial charge on any atom is 0.410 e. The molecule has 6 aromatic heterocycles. The number of aromatic amines is 1. The second-order valence-corrected chi connectivity index (χ2v) is 19.6. The lowest BCUT2D eigenvalue weighted by Crippen LogP contribution is -2.55. The second kappa shape index (κ2) is 19.5. The molecule has 3 fully saturated rings. The largest absolute Gasteiger partial charge is 0.507 e. The van der Waals surface area contributed by atoms with Crippen molar-refractivity contribution in [2.75, 3.05) is 67.5 Å². The van der Waals surface area contributed by atoms with Gasteiger partial charge in [0, 0.05) is 69.2 Å². The number of hydrogen-bond acceptors (Lipinski definition) is 15. The Bertz CT molecular complexity index is 3700. The number of rotatable bonds is 12. The normalized spacial score (nSPS) is 16.1. The van der Waals surface area contributed by atoms with Crippen LogP contribution >= 0.6 is 0 Å². The number of carbonyl (C=O) groups excluding carboxylic acids is 2. The van der Waals surface area contributed by atoms with Crippen molar-refractivity contribution in [3.05, 3.63) is 123 Å². The van der Waals surface area contributed by atoms with Crippen molar-refractivity contribution in [1.29, 1.82) is 0 Å². The van der Waals surface area contributed by atoms with E-state index in [9.17, 15) is 28.3 Å². The monoisotopic (exact) mass is 1040 g/mol. The van der Waals surface area contributed by atoms with E-state index in [-0.39, 0.29) is 79.7 Å². The smallest absolute Gasteiger partial charge is 0.410 e. The average molecular weight is 1040 g/mol. The predicted octanol–water partition coefficient (Wildman–Crippen LogP) is 6.89. The van der Waals surface area contributed by atoms with Crippen molar-refractivity contribution in [3.8, 4) is 22.7 Å². The third kappa shape index (κ3) is 8.99. The summed E-state index contributed by atoms with van der Waals surface area (Å²) in [6.07, 6.45) is 4.79. The zero-order chi connectivity index (χ0) is 53.3. The number of fused-ring (bicyclic) bond motifs is 3. The van der Waals surface area contributed by atoms with Crippen LogP contribution in [0.1, 0.15) is 68.1 Å². The molecule has 392 valence electrons. The van der Waals surface area contributed by atoms with Crippen LogP contribution in [0.2, 0.25) is 0 Å². The molecule has 8 heterocycles. The minimum Gasteiger partial charge on any atom is -0.507 e. The lowest BCUT2D eigenvalue weighted by Gasteiger charge is -2.41. The number of imidazole rings is 1. The fourth-order valence-electron chi connectivity index (χ4n) is 9.94. The number of H-pyrrole nitrogens is 1. The third-order valence-electron chi connectivity index (χ3n) is 14.0. The molecule has 1 atom stereocenters. The fraction of sp³-hybridized carbons (Fsp3) is 0.346. The maximum absolute atomic E-state index is 16.3. The van der Waals surface area contributed by atoms with Gasteiger partial charge < -0.3 is 39.7 Å². The van der Waals surface area contributed by atoms with E-state index in [1.165, 1.54) is 27.7 Å². The number of nitrogens with zero attached hydrogens (tertiary/aromatic N) is 13. The standard InChI is InChI=1S/C52H51F4N15O5/c1-26(2)41-44(27(3)13-14-57-41)70-46-31(21-35(55)42(62-46)39-33(53)7-6-8-37(39)72)45(64-51(70)74)69-20-19-68(24-29(69)5)48(73)28(4)25-76-52(75)67-17-15-66(16-18-67)50-63-47-32(30-9-10-30)22-59-71(47)49(65-50)58-23-38-60-36-12-11-34(54)40(56)43(36)61-38/h6-8,11-14,21-22,26,29-30,72H,4,9-10,15-20,23-25H2,1-3,5H3,(H,60,61)(H,58,63,65)/t29-/m0/s1. The van der Waals surface area contributed by atoms with Crippen molar-refractivity contribution in [1.82, 2.24) is 58.9 Å². The van der Waals surface area contributed by atoms with E-state index in [0.717, 1.165) is 36.6 Å². The number of halogens is 4. The van der Waals surface area contributed by atoms with Crippen molar-refractivity contribution >= 4 is 57.4 Å². The maximum atomic E-state index is 16.3. The number of nitrogens with one attached hydrogen (secondary N) is 2. The summed E-state index contributed by atoms with van der Waals surface area (Å²) < 4.78 is 68.4. The van der Waals surface area contributed by atoms with E-state index in [2.05, 4.69) is 41.9 Å². The summed E-state index contributed by atoms with van der Waals surface area (Å²) in [6, 6.07) is 8.39. The summed E-state index contributed by atoms with van der Waals surface area (Å²) in [5, 5.41) is 18.6. The zero-order valence-corrected chi connectivity index (χ0v) is 41.8. The van der Waals surface area contributed by atoms with Gasteiger partial charge in [-0.05, 0) is 80.5 Å². The van der Waals surface area contributed by atoms with Crippen LogP contribution in [0.4, 0.5) is 40.1 Å². The molecule has 8 aromatic rings. The molecular formula is C52H51F4N15O5. The first-order chi connectivity index (χ1) is 36.5. The van der Waals surface area contributed by atoms with Gasteiger partial charge in [0.1, 0.15) is 41.0 Å². The van der Waals surface area contributed by atoms with Gasteiger partial charge in [-0.1, -0.05) is 26.5 Å². The van der Waals surface area contributed by atoms with Gasteiger partial charge in [0.2, 0.25) is 11.9 Å². The summed E-state index contributed by atoms with van der Waals surface area (Å²) in [5.74, 6) is -3.52. The van der Waals surface area contributed by atoms with Crippen molar-refractivity contribution in [3.63, 3.8) is 0 Å². The highest BCUT2D eigenvalue weighted by atomic mass is 19.2. The number of hydrogen-bond donors (Lipinski definition) is 3. The fourth-order valence-corrected chi connectivity index (χ4v) is 9.94. The molecule has 2 aromatic carbocycles. The predicted molar refractivity (Wildman–Crippen MR) is 273 cm³/mol. The Labute approximate surface area is 430 Å². The number of phenols is 1. The van der Waals surface area contributed by atoms with Crippen molar-refractivity contribution in [2.45, 2.75) is 65.0 Å². The first-order valence-corrected chi connectivity index (χ1v) is 24.8. The summed E-state index contributed by atoms with van der Waals surface area (Å²) in [4.78, 5) is 78.9. The van der Waals surface area contributed by atoms with Gasteiger partial charge in [0.25, 0.3) is 5.91 Å². The van der Waals surface area contributed by atoms with Gasteiger partial charge in [-0.2, -0.15) is 24.6 Å². The van der Waals surface area contributed by atoms with Gasteiger partial charge in [0.15, 0.2) is 28.7 Å². The van der Waals surface area contributed by atoms with E-state index < -0.39 is 64.0 Å². The summed E-state index contributed by atoms with van der Waals surface area (Å²) in [6.45, 7) is 12.7. The van der Waals surface area contributed by atoms with Gasteiger partial charge in [-0.15, -0.1) is 0 Å². The van der Waals surface area contributed by atoms with Gasteiger partial charge in [-0.25, -0.2) is 41.7 Å². The van der Waals surface area contributed by atoms with Crippen LogP contribution < -0.4 is 20.8 Å². The molecule has 24 heteroatoms. The number of aromatic nitrogens is 10. The van der Waals surface area contributed by atoms with Crippen LogP contribution in [0.25, 0.3) is 44.7 Å². The number of piperazine rings is 2. The van der Waals surface area contributed by atoms with Gasteiger partial charge in [0.05, 0.1) is 40.6 Å². The number of amides is 2. The van der Waals surface area contributed by atoms with Gasteiger partial charge >= 0.3 is 11.8 Å². The van der Waals surface area contributed by atoms with Crippen LogP contribution in [0.15, 0.2) is 71.8 Å². The number of benzene rings is 2. The van der Waals surface area contributed by atoms with E-state index in [1.54, 1.807) is 39.7 Å². The molecule has 20 nitrogen and oxygen atoms in total. The number of phenolic OH excluding ortho intramolecular Hbond substituents is 1. The lowest BCUT2D eigenvalue weighted by molar-refractivity contribution is -0.128. The summed E-state index contributed by atoms with van der Waals surface area (Å²) in [7, 11) is 0. The third-order valence-corrected chi connectivity index (χ3v) is 14.0. The summed E-state index contributed by atoms with van der Waals surface area (Å²) >= 11 is 0. The molecular weight excluding hydrogens is 991 g/mol. The molecule has 76 heavy (non-hydrogen) atoms. The van der Waals surface area contributed by atoms with Crippen LogP contribution in [-0.4, -0.2) is 134 Å². The van der Waals surface area contributed by atoms with E-state index >= 15 is 8.78 Å². The van der Waals surface area contributed by atoms with Crippen molar-refractivity contribution < 1.29 is 37.0 Å². The number of pyridine rings is 2. The van der Waals surface area contributed by atoms with Crippen molar-refractivity contribution in [2.24, 2.45) is 0 Å². The molecule has 2 saturated heterocycles. The quantitative estimate of drug-likeness (QED) is 0.0838. The van der Waals surface area contributed by atoms with Crippen LogP contribution in [0.3, 0.4) is 0 Å². The number of anilines is 3. The summed E-state index contributed by atoms with van der Waals surface area (Å²) in [5.41, 5.74) is 1.73. The zero-order valence-electron chi connectivity index (χ0n) is 41.8. The Morgan fingerprint density at radius 3 is 2.43 bits per heavy atom. The molecule has 0 unspecified atom stereocenters. The minimum absolute atomic E-state index is 0.0377. The number of aryl methyl sites for hydroxylation is 1. The molecule has 1 aliphatic carbocycles. The first-order valence-electron chi connectivity index (χ1n) is 24.8. The van der Waals surface area contributed by atoms with E-state index in [0.29, 0.717) is 64.8 Å². The SMILES string of the molecule is C=C(COC(=O)N1CCN(c2nc(NCc3nc4c(F)c(F)ccc4[nH]3)n3ncc(C4CC4)c3n2)CC1)C(=O)N1CCN(c2nc(=O)n(-c3c(C)ccnc3C(C)C)c3nc(-c4c(O)cccc4F)c(F)cc23)[C@@H](C)C1. The molecule has 11 rings (SSSR count). The molecule has 3 N–H and O–H groups in total. The Hall–Kier alpha value is -8.70. The van der Waals surface area contributed by atoms with Crippen LogP contribution in [0, 0.1) is 30.2 Å². The Balaban J connectivity index is 0.753. The Morgan fingerprint density at radius 2 is 1.70 bits per heavy atom. The number of carbonyl (C=O) groups is 2. The molecule has 1 saturated carbocycles. The minimum atomic E-state index is -1.04. The Kier molecular flexibility index (Phi) is 12.7. The topological polar surface area (TPSA) is 221 Å². The average Bonchev–Trinajstić information content (AvgIpc) is 4.03. The molecule has 3 aliphatic rings. The van der Waals surface area contributed by atoms with Gasteiger partial charge in [-0.3, -0.25) is 9.78 Å². The lowest BCUT2D eigenvalue weighted by atomic mass is 10.0. The Morgan fingerprint density at radius 1 is 0.921 bits per heavy atom.